The fourth-order valence-corrected chi connectivity index (χ4v) is 2.66. The van der Waals surface area contributed by atoms with Crippen LogP contribution in [-0.2, 0) is 4.79 Å². The van der Waals surface area contributed by atoms with E-state index in [2.05, 4.69) is 4.90 Å². The number of piperidine rings is 1. The van der Waals surface area contributed by atoms with Gasteiger partial charge in [0, 0.05) is 18.8 Å². The van der Waals surface area contributed by atoms with E-state index < -0.39 is 11.6 Å². The predicted octanol–water partition coefficient (Wildman–Crippen LogP) is 1.80. The van der Waals surface area contributed by atoms with E-state index in [1.165, 1.54) is 0 Å². The molecule has 4 heteroatoms. The molecule has 0 aromatic heterocycles. The van der Waals surface area contributed by atoms with Gasteiger partial charge in [0.05, 0.1) is 12.0 Å². The molecule has 1 atom stereocenters. The summed E-state index contributed by atoms with van der Waals surface area (Å²) in [6, 6.07) is 7.99. The Morgan fingerprint density at radius 2 is 2.17 bits per heavy atom. The molecule has 0 bridgehead atoms. The van der Waals surface area contributed by atoms with Crippen LogP contribution in [0.4, 0.5) is 5.69 Å². The third-order valence-corrected chi connectivity index (χ3v) is 3.49. The summed E-state index contributed by atoms with van der Waals surface area (Å²) in [4.78, 5) is 12.9. The fraction of sp³-hybridized carbons (Fsp3) is 0.500. The summed E-state index contributed by atoms with van der Waals surface area (Å²) in [5.74, 6) is -0.941. The van der Waals surface area contributed by atoms with Gasteiger partial charge in [0.1, 0.15) is 0 Å². The third-order valence-electron chi connectivity index (χ3n) is 3.49. The summed E-state index contributed by atoms with van der Waals surface area (Å²) >= 11 is 0. The van der Waals surface area contributed by atoms with Gasteiger partial charge in [-0.25, -0.2) is 0 Å². The molecule has 1 aromatic carbocycles. The van der Waals surface area contributed by atoms with Crippen molar-refractivity contribution in [3.05, 3.63) is 29.8 Å². The van der Waals surface area contributed by atoms with Crippen LogP contribution in [0.2, 0.25) is 0 Å². The quantitative estimate of drug-likeness (QED) is 0.857. The van der Waals surface area contributed by atoms with Gasteiger partial charge < -0.3 is 15.1 Å². The Hall–Kier alpha value is -1.55. The lowest BCUT2D eigenvalue weighted by atomic mass is 9.89. The highest BCUT2D eigenvalue weighted by Crippen LogP contribution is 2.29. The Bertz CT molecular complexity index is 446. The number of benzene rings is 1. The van der Waals surface area contributed by atoms with E-state index in [9.17, 15) is 9.90 Å². The third kappa shape index (κ3) is 2.82. The Balaban J connectivity index is 2.16. The number of carbonyl (C=O) groups is 1. The maximum absolute atomic E-state index is 10.8. The smallest absolute Gasteiger partial charge is 0.306 e. The second-order valence-electron chi connectivity index (χ2n) is 5.11. The molecule has 1 unspecified atom stereocenters. The molecular weight excluding hydrogens is 230 g/mol. The van der Waals surface area contributed by atoms with Crippen LogP contribution in [0.5, 0.6) is 0 Å². The molecule has 4 nitrogen and oxygen atoms in total. The number of hydrogen-bond donors (Lipinski definition) is 2. The van der Waals surface area contributed by atoms with Crippen molar-refractivity contribution in [3.63, 3.8) is 0 Å². The number of rotatable bonds is 3. The molecule has 1 aliphatic heterocycles. The molecule has 2 rings (SSSR count). The number of aliphatic hydroxyl groups is 1. The van der Waals surface area contributed by atoms with E-state index in [1.807, 2.05) is 31.2 Å². The molecule has 0 aliphatic carbocycles. The minimum absolute atomic E-state index is 0.185. The number of nitrogens with zero attached hydrogens (tertiary/aromatic N) is 1. The monoisotopic (exact) mass is 249 g/mol. The van der Waals surface area contributed by atoms with Gasteiger partial charge in [0.15, 0.2) is 0 Å². The van der Waals surface area contributed by atoms with Gasteiger partial charge in [-0.2, -0.15) is 0 Å². The lowest BCUT2D eigenvalue weighted by Gasteiger charge is -2.40. The first-order valence-electron chi connectivity index (χ1n) is 6.25. The van der Waals surface area contributed by atoms with Gasteiger partial charge in [-0.1, -0.05) is 18.2 Å². The number of aryl methyl sites for hydroxylation is 1. The van der Waals surface area contributed by atoms with E-state index in [0.717, 1.165) is 24.2 Å². The van der Waals surface area contributed by atoms with Gasteiger partial charge >= 0.3 is 5.97 Å². The van der Waals surface area contributed by atoms with Gasteiger partial charge in [0.2, 0.25) is 0 Å². The maximum atomic E-state index is 10.8. The summed E-state index contributed by atoms with van der Waals surface area (Å²) in [6.07, 6.45) is 1.19. The first kappa shape index (κ1) is 12.9. The van der Waals surface area contributed by atoms with Crippen molar-refractivity contribution in [3.8, 4) is 0 Å². The molecule has 0 spiro atoms. The molecular formula is C14H19NO3. The van der Waals surface area contributed by atoms with Gasteiger partial charge in [0.25, 0.3) is 0 Å². The zero-order valence-electron chi connectivity index (χ0n) is 10.6. The average Bonchev–Trinajstić information content (AvgIpc) is 2.27. The van der Waals surface area contributed by atoms with Crippen LogP contribution in [0.3, 0.4) is 0 Å². The van der Waals surface area contributed by atoms with Crippen molar-refractivity contribution in [2.45, 2.75) is 31.8 Å². The van der Waals surface area contributed by atoms with Crippen LogP contribution in [0.1, 0.15) is 24.8 Å². The van der Waals surface area contributed by atoms with Gasteiger partial charge in [-0.05, 0) is 31.4 Å². The summed E-state index contributed by atoms with van der Waals surface area (Å²) in [6.45, 7) is 3.29. The predicted molar refractivity (Wildman–Crippen MR) is 69.8 cm³/mol. The topological polar surface area (TPSA) is 60.8 Å². The minimum Gasteiger partial charge on any atom is -0.481 e. The summed E-state index contributed by atoms with van der Waals surface area (Å²) in [7, 11) is 0. The first-order chi connectivity index (χ1) is 8.50. The van der Waals surface area contributed by atoms with Crippen LogP contribution < -0.4 is 4.90 Å². The van der Waals surface area contributed by atoms with Crippen molar-refractivity contribution < 1.29 is 15.0 Å². The highest BCUT2D eigenvalue weighted by atomic mass is 16.4. The van der Waals surface area contributed by atoms with E-state index in [-0.39, 0.29) is 6.42 Å². The molecule has 18 heavy (non-hydrogen) atoms. The van der Waals surface area contributed by atoms with Gasteiger partial charge in [-0.3, -0.25) is 4.79 Å². The van der Waals surface area contributed by atoms with Crippen molar-refractivity contribution in [2.75, 3.05) is 18.0 Å². The SMILES string of the molecule is Cc1ccccc1N1CCCC(O)(CC(=O)O)C1. The standard InChI is InChI=1S/C14H19NO3/c1-11-5-2-3-6-12(11)15-8-4-7-14(18,10-15)9-13(16)17/h2-3,5-6,18H,4,7-10H2,1H3,(H,16,17). The van der Waals surface area contributed by atoms with Crippen molar-refractivity contribution in [1.82, 2.24) is 0 Å². The number of β-amino-alcohol motifs (C(OH)–C–C–N with tert-alkyl or cyclic N) is 1. The molecule has 0 amide bonds. The summed E-state index contributed by atoms with van der Waals surface area (Å²) < 4.78 is 0. The molecule has 98 valence electrons. The molecule has 2 N–H and O–H groups in total. The average molecular weight is 249 g/mol. The fourth-order valence-electron chi connectivity index (χ4n) is 2.66. The molecule has 1 aliphatic rings. The van der Waals surface area contributed by atoms with Crippen LogP contribution in [-0.4, -0.2) is 34.9 Å². The van der Waals surface area contributed by atoms with E-state index in [1.54, 1.807) is 0 Å². The second kappa shape index (κ2) is 4.98. The largest absolute Gasteiger partial charge is 0.481 e. The molecule has 0 saturated carbocycles. The summed E-state index contributed by atoms with van der Waals surface area (Å²) in [5, 5.41) is 19.2. The van der Waals surface area contributed by atoms with Crippen LogP contribution in [0, 0.1) is 6.92 Å². The highest BCUT2D eigenvalue weighted by Gasteiger charge is 2.35. The van der Waals surface area contributed by atoms with E-state index in [4.69, 9.17) is 5.11 Å². The van der Waals surface area contributed by atoms with Crippen molar-refractivity contribution >= 4 is 11.7 Å². The Kier molecular flexibility index (Phi) is 3.57. The zero-order valence-corrected chi connectivity index (χ0v) is 10.6. The van der Waals surface area contributed by atoms with Crippen LogP contribution in [0.25, 0.3) is 0 Å². The van der Waals surface area contributed by atoms with E-state index in [0.29, 0.717) is 13.0 Å². The summed E-state index contributed by atoms with van der Waals surface area (Å²) in [5.41, 5.74) is 1.13. The molecule has 1 aromatic rings. The lowest BCUT2D eigenvalue weighted by molar-refractivity contribution is -0.142. The minimum atomic E-state index is -1.10. The van der Waals surface area contributed by atoms with Crippen LogP contribution >= 0.6 is 0 Å². The van der Waals surface area contributed by atoms with Crippen molar-refractivity contribution in [2.24, 2.45) is 0 Å². The van der Waals surface area contributed by atoms with Gasteiger partial charge in [-0.15, -0.1) is 0 Å². The van der Waals surface area contributed by atoms with Crippen LogP contribution in [0.15, 0.2) is 24.3 Å². The Morgan fingerprint density at radius 1 is 1.44 bits per heavy atom. The number of para-hydroxylation sites is 1. The number of carboxylic acids is 1. The number of aliphatic carboxylic acids is 1. The number of anilines is 1. The first-order valence-corrected chi connectivity index (χ1v) is 6.25. The second-order valence-corrected chi connectivity index (χ2v) is 5.11. The normalized spacial score (nSPS) is 24.0. The number of hydrogen-bond acceptors (Lipinski definition) is 3. The molecule has 1 saturated heterocycles. The Labute approximate surface area is 107 Å². The lowest BCUT2D eigenvalue weighted by Crippen LogP contribution is -2.49. The Morgan fingerprint density at radius 3 is 2.83 bits per heavy atom. The maximum Gasteiger partial charge on any atom is 0.306 e. The van der Waals surface area contributed by atoms with E-state index >= 15 is 0 Å². The number of carboxylic acid groups (broad SMARTS) is 1. The molecule has 1 heterocycles. The molecule has 0 radical (unpaired) electrons. The zero-order chi connectivity index (χ0) is 13.2. The van der Waals surface area contributed by atoms with Crippen molar-refractivity contribution in [1.29, 1.82) is 0 Å². The highest BCUT2D eigenvalue weighted by molar-refractivity contribution is 5.68. The molecule has 1 fully saturated rings.